The van der Waals surface area contributed by atoms with E-state index in [1.807, 2.05) is 35.9 Å². The van der Waals surface area contributed by atoms with Gasteiger partial charge in [-0.3, -0.25) is 5.32 Å². The molecule has 5 rings (SSSR count). The number of anilines is 3. The summed E-state index contributed by atoms with van der Waals surface area (Å²) in [6.07, 6.45) is 7.68. The number of rotatable bonds is 5. The molecule has 0 spiro atoms. The van der Waals surface area contributed by atoms with Gasteiger partial charge in [-0.1, -0.05) is 43.9 Å². The van der Waals surface area contributed by atoms with Gasteiger partial charge in [0.05, 0.1) is 23.3 Å². The van der Waals surface area contributed by atoms with Crippen LogP contribution in [-0.4, -0.2) is 47.0 Å². The van der Waals surface area contributed by atoms with Crippen LogP contribution in [-0.2, 0) is 5.41 Å². The number of nitrogens with one attached hydrogen (secondary N) is 3. The molecule has 2 amide bonds. The molecule has 0 atom stereocenters. The van der Waals surface area contributed by atoms with Gasteiger partial charge in [-0.2, -0.15) is 5.10 Å². The lowest BCUT2D eigenvalue weighted by Crippen LogP contribution is -2.44. The number of hydrogen-bond acceptors (Lipinski definition) is 5. The van der Waals surface area contributed by atoms with Gasteiger partial charge in [0.1, 0.15) is 11.6 Å². The minimum absolute atomic E-state index is 0.0297. The number of carbonyl (C=O) groups is 1. The van der Waals surface area contributed by atoms with Crippen molar-refractivity contribution in [1.82, 2.24) is 20.1 Å². The van der Waals surface area contributed by atoms with Crippen molar-refractivity contribution in [3.8, 4) is 5.69 Å². The van der Waals surface area contributed by atoms with E-state index in [1.54, 1.807) is 6.20 Å². The molecule has 2 aromatic heterocycles. The van der Waals surface area contributed by atoms with E-state index in [0.717, 1.165) is 61.8 Å². The molecule has 2 fully saturated rings. The second-order valence-corrected chi connectivity index (χ2v) is 10.5. The molecule has 36 heavy (non-hydrogen) atoms. The van der Waals surface area contributed by atoms with Crippen LogP contribution in [0.15, 0.2) is 42.6 Å². The van der Waals surface area contributed by atoms with Crippen LogP contribution in [0.2, 0.25) is 0 Å². The number of aryl methyl sites for hydroxylation is 2. The average Bonchev–Trinajstić information content (AvgIpc) is 3.30. The largest absolute Gasteiger partial charge is 0.354 e. The Morgan fingerprint density at radius 1 is 1.00 bits per heavy atom. The Morgan fingerprint density at radius 3 is 2.42 bits per heavy atom. The minimum atomic E-state index is -0.306. The molecule has 190 valence electrons. The van der Waals surface area contributed by atoms with E-state index in [9.17, 15) is 4.79 Å². The molecule has 0 bridgehead atoms. The van der Waals surface area contributed by atoms with Gasteiger partial charge in [0.25, 0.3) is 0 Å². The molecule has 0 radical (unpaired) electrons. The number of piperazine rings is 1. The van der Waals surface area contributed by atoms with Gasteiger partial charge in [-0.15, -0.1) is 0 Å². The van der Waals surface area contributed by atoms with E-state index in [2.05, 4.69) is 51.8 Å². The van der Waals surface area contributed by atoms with E-state index in [-0.39, 0.29) is 11.4 Å². The van der Waals surface area contributed by atoms with Crippen molar-refractivity contribution in [1.29, 1.82) is 0 Å². The minimum Gasteiger partial charge on any atom is -0.354 e. The monoisotopic (exact) mass is 487 g/mol. The van der Waals surface area contributed by atoms with E-state index in [1.165, 1.54) is 24.8 Å². The first-order chi connectivity index (χ1) is 17.4. The zero-order valence-electron chi connectivity index (χ0n) is 21.6. The summed E-state index contributed by atoms with van der Waals surface area (Å²) in [6.45, 7) is 10.2. The van der Waals surface area contributed by atoms with E-state index in [0.29, 0.717) is 11.5 Å². The summed E-state index contributed by atoms with van der Waals surface area (Å²) in [6, 6.07) is 11.9. The van der Waals surface area contributed by atoms with Crippen LogP contribution < -0.4 is 20.9 Å². The van der Waals surface area contributed by atoms with Gasteiger partial charge in [-0.05, 0) is 50.5 Å². The Bertz CT molecular complexity index is 1210. The maximum atomic E-state index is 13.1. The maximum Gasteiger partial charge on any atom is 0.324 e. The summed E-state index contributed by atoms with van der Waals surface area (Å²) in [5.74, 6) is 1.64. The number of aromatic nitrogens is 3. The SMILES string of the molecule is Cc1ccc(-n2nc(C3(C)CCCCC3)cc2NC(=O)Nc2cnc(N3CCNCC3)c(C)c2)cc1. The first kappa shape index (κ1) is 24.3. The van der Waals surface area contributed by atoms with Crippen LogP contribution in [0.25, 0.3) is 5.69 Å². The predicted octanol–water partition coefficient (Wildman–Crippen LogP) is 5.16. The van der Waals surface area contributed by atoms with Crippen LogP contribution in [0.5, 0.6) is 0 Å². The standard InChI is InChI=1S/C28H37N7O/c1-20-7-9-23(10-8-20)35-25(18-24(33-35)28(3)11-5-4-6-12-28)32-27(36)31-22-17-21(2)26(30-19-22)34-15-13-29-14-16-34/h7-10,17-19,29H,4-6,11-16H2,1-3H3,(H2,31,32,36). The number of amides is 2. The third-order valence-electron chi connectivity index (χ3n) is 7.53. The Balaban J connectivity index is 1.36. The quantitative estimate of drug-likeness (QED) is 0.463. The van der Waals surface area contributed by atoms with E-state index < -0.39 is 0 Å². The first-order valence-corrected chi connectivity index (χ1v) is 13.1. The second kappa shape index (κ2) is 10.3. The van der Waals surface area contributed by atoms with E-state index >= 15 is 0 Å². The smallest absolute Gasteiger partial charge is 0.324 e. The lowest BCUT2D eigenvalue weighted by Gasteiger charge is -2.31. The van der Waals surface area contributed by atoms with Crippen LogP contribution >= 0.6 is 0 Å². The molecular weight excluding hydrogens is 450 g/mol. The highest BCUT2D eigenvalue weighted by atomic mass is 16.2. The fourth-order valence-corrected chi connectivity index (χ4v) is 5.36. The van der Waals surface area contributed by atoms with Crippen LogP contribution in [0.4, 0.5) is 22.1 Å². The van der Waals surface area contributed by atoms with Gasteiger partial charge >= 0.3 is 6.03 Å². The van der Waals surface area contributed by atoms with Gasteiger partial charge in [0, 0.05) is 37.7 Å². The summed E-state index contributed by atoms with van der Waals surface area (Å²) in [5, 5.41) is 14.4. The number of carbonyl (C=O) groups excluding carboxylic acids is 1. The molecule has 0 unspecified atom stereocenters. The third-order valence-corrected chi connectivity index (χ3v) is 7.53. The Labute approximate surface area is 213 Å². The van der Waals surface area contributed by atoms with Crippen molar-refractivity contribution in [3.05, 3.63) is 59.4 Å². The molecule has 8 nitrogen and oxygen atoms in total. The molecule has 1 saturated carbocycles. The number of pyridine rings is 1. The van der Waals surface area contributed by atoms with Crippen molar-refractivity contribution in [3.63, 3.8) is 0 Å². The van der Waals surface area contributed by atoms with Crippen molar-refractivity contribution < 1.29 is 4.79 Å². The lowest BCUT2D eigenvalue weighted by atomic mass is 9.73. The summed E-state index contributed by atoms with van der Waals surface area (Å²) >= 11 is 0. The van der Waals surface area contributed by atoms with Crippen LogP contribution in [0.1, 0.15) is 55.8 Å². The Hall–Kier alpha value is -3.39. The molecule has 1 aromatic carbocycles. The molecule has 3 N–H and O–H groups in total. The molecular formula is C28H37N7O. The van der Waals surface area contributed by atoms with Crippen LogP contribution in [0.3, 0.4) is 0 Å². The zero-order chi connectivity index (χ0) is 25.1. The fraction of sp³-hybridized carbons (Fsp3) is 0.464. The van der Waals surface area contributed by atoms with E-state index in [4.69, 9.17) is 5.10 Å². The van der Waals surface area contributed by atoms with Crippen molar-refractivity contribution >= 4 is 23.4 Å². The summed E-state index contributed by atoms with van der Waals surface area (Å²) < 4.78 is 1.85. The Kier molecular flexibility index (Phi) is 6.96. The van der Waals surface area contributed by atoms with Crippen molar-refractivity contribution in [2.24, 2.45) is 0 Å². The van der Waals surface area contributed by atoms with Gasteiger partial charge in [0.2, 0.25) is 0 Å². The van der Waals surface area contributed by atoms with Gasteiger partial charge in [0.15, 0.2) is 0 Å². The highest BCUT2D eigenvalue weighted by Gasteiger charge is 2.32. The highest BCUT2D eigenvalue weighted by molar-refractivity contribution is 5.99. The number of hydrogen-bond donors (Lipinski definition) is 3. The second-order valence-electron chi connectivity index (χ2n) is 10.5. The first-order valence-electron chi connectivity index (χ1n) is 13.1. The fourth-order valence-electron chi connectivity index (χ4n) is 5.36. The third kappa shape index (κ3) is 5.23. The number of benzene rings is 1. The maximum absolute atomic E-state index is 13.1. The number of urea groups is 1. The molecule has 8 heteroatoms. The van der Waals surface area contributed by atoms with Crippen molar-refractivity contribution in [2.45, 2.75) is 58.3 Å². The summed E-state index contributed by atoms with van der Waals surface area (Å²) in [4.78, 5) is 20.0. The van der Waals surface area contributed by atoms with Gasteiger partial charge < -0.3 is 15.5 Å². The van der Waals surface area contributed by atoms with Crippen LogP contribution in [0, 0.1) is 13.8 Å². The van der Waals surface area contributed by atoms with Gasteiger partial charge in [-0.25, -0.2) is 14.5 Å². The van der Waals surface area contributed by atoms with Crippen molar-refractivity contribution in [2.75, 3.05) is 41.7 Å². The molecule has 1 saturated heterocycles. The summed E-state index contributed by atoms with van der Waals surface area (Å²) in [7, 11) is 0. The summed E-state index contributed by atoms with van der Waals surface area (Å²) in [5.41, 5.74) is 4.90. The zero-order valence-corrected chi connectivity index (χ0v) is 21.6. The topological polar surface area (TPSA) is 87.1 Å². The molecule has 3 heterocycles. The molecule has 3 aromatic rings. The normalized spacial score (nSPS) is 17.6. The lowest BCUT2D eigenvalue weighted by molar-refractivity contribution is 0.262. The average molecular weight is 488 g/mol. The predicted molar refractivity (Wildman–Crippen MR) is 145 cm³/mol. The molecule has 2 aliphatic rings. The Morgan fingerprint density at radius 2 is 1.72 bits per heavy atom. The highest BCUT2D eigenvalue weighted by Crippen LogP contribution is 2.39. The number of nitrogens with zero attached hydrogens (tertiary/aromatic N) is 4. The molecule has 1 aliphatic carbocycles. The molecule has 1 aliphatic heterocycles.